The van der Waals surface area contributed by atoms with E-state index in [9.17, 15) is 4.57 Å². The highest BCUT2D eigenvalue weighted by Crippen LogP contribution is 2.25. The van der Waals surface area contributed by atoms with Crippen molar-refractivity contribution >= 4 is 27.8 Å². The van der Waals surface area contributed by atoms with Crippen molar-refractivity contribution in [3.05, 3.63) is 0 Å². The van der Waals surface area contributed by atoms with E-state index >= 15 is 0 Å². The smallest absolute Gasteiger partial charge is 0.298 e. The van der Waals surface area contributed by atoms with E-state index in [0.29, 0.717) is 0 Å². The van der Waals surface area contributed by atoms with Crippen LogP contribution in [0.2, 0.25) is 5.67 Å². The second kappa shape index (κ2) is 2.79. The van der Waals surface area contributed by atoms with Crippen molar-refractivity contribution in [1.29, 1.82) is 0 Å². The summed E-state index contributed by atoms with van der Waals surface area (Å²) in [6.07, 6.45) is 0. The summed E-state index contributed by atoms with van der Waals surface area (Å²) in [5.41, 5.74) is 1.15. The molecule has 1 fully saturated rings. The van der Waals surface area contributed by atoms with Gasteiger partial charge in [-0.1, -0.05) is 0 Å². The quantitative estimate of drug-likeness (QED) is 0.330. The zero-order chi connectivity index (χ0) is 5.11. The summed E-state index contributed by atoms with van der Waals surface area (Å²) in [6.45, 7) is 0. The van der Waals surface area contributed by atoms with Crippen molar-refractivity contribution in [2.75, 3.05) is 0 Å². The SMILES string of the molecule is O=[PH]1O[SiH2]C[SiH2]O1. The lowest BCUT2D eigenvalue weighted by Gasteiger charge is -2.08. The molecule has 1 heterocycles. The number of rotatable bonds is 0. The van der Waals surface area contributed by atoms with Crippen LogP contribution in [0.5, 0.6) is 0 Å². The van der Waals surface area contributed by atoms with Gasteiger partial charge in [0.2, 0.25) is 0 Å². The molecule has 0 aromatic carbocycles. The maximum absolute atomic E-state index is 10.3. The minimum atomic E-state index is -1.92. The van der Waals surface area contributed by atoms with Gasteiger partial charge >= 0.3 is 0 Å². The van der Waals surface area contributed by atoms with Crippen LogP contribution in [0.3, 0.4) is 0 Å². The summed E-state index contributed by atoms with van der Waals surface area (Å²) >= 11 is 0. The lowest BCUT2D eigenvalue weighted by atomic mass is 11.9. The van der Waals surface area contributed by atoms with Gasteiger partial charge in [0.1, 0.15) is 0 Å². The Morgan fingerprint density at radius 1 is 1.43 bits per heavy atom. The Morgan fingerprint density at radius 2 is 2.00 bits per heavy atom. The van der Waals surface area contributed by atoms with E-state index in [1.165, 1.54) is 0 Å². The Hall–Kier alpha value is 0.584. The third-order valence-corrected chi connectivity index (χ3v) is 6.56. The van der Waals surface area contributed by atoms with E-state index in [-0.39, 0.29) is 19.5 Å². The van der Waals surface area contributed by atoms with Gasteiger partial charge in [-0.2, -0.15) is 0 Å². The largest absolute Gasteiger partial charge is 0.361 e. The molecule has 7 heavy (non-hydrogen) atoms. The lowest BCUT2D eigenvalue weighted by molar-refractivity contribution is 0.426. The van der Waals surface area contributed by atoms with Gasteiger partial charge in [-0.05, 0) is 5.67 Å². The van der Waals surface area contributed by atoms with Gasteiger partial charge in [-0.25, -0.2) is 0 Å². The molecule has 0 aromatic rings. The highest BCUT2D eigenvalue weighted by atomic mass is 31.1. The van der Waals surface area contributed by atoms with Crippen LogP contribution in [0, 0.1) is 0 Å². The normalized spacial score (nSPS) is 39.7. The predicted octanol–water partition coefficient (Wildman–Crippen LogP) is -1.03. The lowest BCUT2D eigenvalue weighted by Crippen LogP contribution is -2.06. The molecule has 6 heteroatoms. The summed E-state index contributed by atoms with van der Waals surface area (Å²) in [7, 11) is -2.66. The van der Waals surface area contributed by atoms with Crippen LogP contribution in [0.1, 0.15) is 0 Å². The van der Waals surface area contributed by atoms with Gasteiger partial charge in [0.15, 0.2) is 19.5 Å². The first-order valence-electron chi connectivity index (χ1n) is 2.19. The summed E-state index contributed by atoms with van der Waals surface area (Å²) in [4.78, 5) is 0. The van der Waals surface area contributed by atoms with E-state index in [1.807, 2.05) is 0 Å². The Balaban J connectivity index is 2.25. The van der Waals surface area contributed by atoms with Gasteiger partial charge in [0.25, 0.3) is 8.25 Å². The molecule has 1 rings (SSSR count). The average Bonchev–Trinajstić information content (AvgIpc) is 1.69. The van der Waals surface area contributed by atoms with Gasteiger partial charge in [-0.15, -0.1) is 0 Å². The van der Waals surface area contributed by atoms with Crippen LogP contribution in [-0.4, -0.2) is 19.5 Å². The molecule has 0 unspecified atom stereocenters. The van der Waals surface area contributed by atoms with E-state index < -0.39 is 8.25 Å². The summed E-state index contributed by atoms with van der Waals surface area (Å²) < 4.78 is 19.8. The third kappa shape index (κ3) is 1.88. The van der Waals surface area contributed by atoms with Crippen LogP contribution >= 0.6 is 8.25 Å². The Labute approximate surface area is 47.2 Å². The Bertz CT molecular complexity index is 77.0. The summed E-state index contributed by atoms with van der Waals surface area (Å²) in [6, 6.07) is 0. The molecule has 0 spiro atoms. The fourth-order valence-electron chi connectivity index (χ4n) is 0.412. The van der Waals surface area contributed by atoms with E-state index in [4.69, 9.17) is 8.43 Å². The van der Waals surface area contributed by atoms with Crippen LogP contribution in [0.15, 0.2) is 0 Å². The minimum Gasteiger partial charge on any atom is -0.361 e. The van der Waals surface area contributed by atoms with E-state index in [1.54, 1.807) is 0 Å². The summed E-state index contributed by atoms with van der Waals surface area (Å²) in [5, 5.41) is 0. The molecule has 0 aromatic heterocycles. The van der Waals surface area contributed by atoms with E-state index in [0.717, 1.165) is 5.67 Å². The minimum absolute atomic E-state index is 0.369. The number of hydrogen-bond donors (Lipinski definition) is 0. The van der Waals surface area contributed by atoms with Gasteiger partial charge < -0.3 is 8.43 Å². The molecule has 0 saturated carbocycles. The molecule has 0 N–H and O–H groups in total. The molecule has 0 amide bonds. The monoisotopic (exact) mass is 154 g/mol. The van der Waals surface area contributed by atoms with Gasteiger partial charge in [0, 0.05) is 0 Å². The van der Waals surface area contributed by atoms with Gasteiger partial charge in [0.05, 0.1) is 0 Å². The van der Waals surface area contributed by atoms with Crippen LogP contribution in [0.25, 0.3) is 0 Å². The zero-order valence-electron chi connectivity index (χ0n) is 3.85. The molecule has 1 aliphatic heterocycles. The molecule has 1 aliphatic rings. The molecule has 1 saturated heterocycles. The van der Waals surface area contributed by atoms with E-state index in [2.05, 4.69) is 0 Å². The first-order chi connectivity index (χ1) is 3.39. The van der Waals surface area contributed by atoms with Gasteiger partial charge in [-0.3, -0.25) is 4.57 Å². The van der Waals surface area contributed by atoms with Crippen molar-refractivity contribution in [2.24, 2.45) is 0 Å². The molecular formula is CH7O3PSi2. The molecule has 0 aliphatic carbocycles. The van der Waals surface area contributed by atoms with Crippen LogP contribution in [-0.2, 0) is 13.0 Å². The third-order valence-electron chi connectivity index (χ3n) is 0.729. The first kappa shape index (κ1) is 5.72. The molecule has 3 nitrogen and oxygen atoms in total. The Morgan fingerprint density at radius 3 is 2.29 bits per heavy atom. The standard InChI is InChI=1S/CH7O3PSi2/c2-5-3-6-1-7-4-5/h5H,1,6-7H2. The van der Waals surface area contributed by atoms with Crippen molar-refractivity contribution in [3.63, 3.8) is 0 Å². The van der Waals surface area contributed by atoms with Crippen LogP contribution < -0.4 is 0 Å². The molecule has 42 valence electrons. The highest BCUT2D eigenvalue weighted by molar-refractivity contribution is 7.36. The molecule has 0 radical (unpaired) electrons. The molecule has 0 bridgehead atoms. The predicted molar refractivity (Wildman–Crippen MR) is 33.1 cm³/mol. The molecule has 0 atom stereocenters. The average molecular weight is 154 g/mol. The topological polar surface area (TPSA) is 35.5 Å². The zero-order valence-corrected chi connectivity index (χ0v) is 7.67. The van der Waals surface area contributed by atoms with Crippen molar-refractivity contribution in [3.8, 4) is 0 Å². The maximum atomic E-state index is 10.3. The summed E-state index contributed by atoms with van der Waals surface area (Å²) in [5.74, 6) is 0. The second-order valence-corrected chi connectivity index (χ2v) is 7.75. The van der Waals surface area contributed by atoms with Crippen molar-refractivity contribution in [2.45, 2.75) is 5.67 Å². The van der Waals surface area contributed by atoms with Crippen LogP contribution in [0.4, 0.5) is 0 Å². The van der Waals surface area contributed by atoms with Crippen molar-refractivity contribution in [1.82, 2.24) is 0 Å². The fraction of sp³-hybridized carbons (Fsp3) is 1.00. The molecular weight excluding hydrogens is 147 g/mol. The highest BCUT2D eigenvalue weighted by Gasteiger charge is 2.05. The Kier molecular flexibility index (Phi) is 2.27. The second-order valence-electron chi connectivity index (χ2n) is 1.30. The first-order valence-corrected chi connectivity index (χ1v) is 6.57. The maximum Gasteiger partial charge on any atom is 0.298 e. The van der Waals surface area contributed by atoms with Crippen molar-refractivity contribution < 1.29 is 13.0 Å². The fourth-order valence-corrected chi connectivity index (χ4v) is 7.05. The number of hydrogen-bond acceptors (Lipinski definition) is 3.